The molecule has 1 fully saturated rings. The van der Waals surface area contributed by atoms with E-state index in [1.165, 1.54) is 6.20 Å². The predicted molar refractivity (Wildman–Crippen MR) is 190 cm³/mol. The number of hydrogen-bond acceptors (Lipinski definition) is 8. The summed E-state index contributed by atoms with van der Waals surface area (Å²) in [6.07, 6.45) is 8.29. The zero-order chi connectivity index (χ0) is 36.1. The molecule has 1 aliphatic carbocycles. The summed E-state index contributed by atoms with van der Waals surface area (Å²) < 4.78 is 12.8. The van der Waals surface area contributed by atoms with Crippen LogP contribution in [0.4, 0.5) is 0 Å². The van der Waals surface area contributed by atoms with E-state index in [2.05, 4.69) is 24.9 Å². The number of amides is 1. The summed E-state index contributed by atoms with van der Waals surface area (Å²) in [6.45, 7) is 9.46. The molecule has 2 aromatic carbocycles. The van der Waals surface area contributed by atoms with Gasteiger partial charge in [-0.2, -0.15) is 5.26 Å². The fraction of sp³-hybridized carbons (Fsp3) is 0.385. The fourth-order valence-corrected chi connectivity index (χ4v) is 7.16. The van der Waals surface area contributed by atoms with Crippen LogP contribution < -0.4 is 9.47 Å². The van der Waals surface area contributed by atoms with Gasteiger partial charge in [0.15, 0.2) is 0 Å². The molecule has 2 heterocycles. The van der Waals surface area contributed by atoms with Gasteiger partial charge < -0.3 is 24.6 Å². The van der Waals surface area contributed by atoms with Gasteiger partial charge in [0.05, 0.1) is 16.7 Å². The van der Waals surface area contributed by atoms with Crippen molar-refractivity contribution in [1.29, 1.82) is 5.26 Å². The number of carbonyl (C=O) groups is 2. The summed E-state index contributed by atoms with van der Waals surface area (Å²) >= 11 is 6.89. The summed E-state index contributed by atoms with van der Waals surface area (Å²) in [5.74, 6) is -0.418. The minimum absolute atomic E-state index is 0.0257. The minimum atomic E-state index is -1.11. The van der Waals surface area contributed by atoms with E-state index in [9.17, 15) is 25.1 Å². The number of ether oxygens (including phenoxy) is 2. The number of nitrogens with zero attached hydrogens (tertiary/aromatic N) is 4. The van der Waals surface area contributed by atoms with Gasteiger partial charge in [0.25, 0.3) is 0 Å². The number of aliphatic carboxylic acids is 1. The summed E-state index contributed by atoms with van der Waals surface area (Å²) in [6, 6.07) is 16.2. The Balaban J connectivity index is 1.52. The predicted octanol–water partition coefficient (Wildman–Crippen LogP) is 6.12. The van der Waals surface area contributed by atoms with Crippen LogP contribution in [0, 0.1) is 22.2 Å². The van der Waals surface area contributed by atoms with Gasteiger partial charge in [0, 0.05) is 67.6 Å². The Labute approximate surface area is 298 Å². The molecule has 1 saturated heterocycles. The average Bonchev–Trinajstić information content (AvgIpc) is 3.48. The third-order valence-corrected chi connectivity index (χ3v) is 10.2. The largest absolute Gasteiger partial charge is 0.490 e. The highest BCUT2D eigenvalue weighted by atomic mass is 35.5. The lowest BCUT2D eigenvalue weighted by Gasteiger charge is -2.48. The summed E-state index contributed by atoms with van der Waals surface area (Å²) in [4.78, 5) is 34.1. The number of likely N-dealkylation sites (tertiary alicyclic amines) is 1. The van der Waals surface area contributed by atoms with Crippen molar-refractivity contribution in [3.05, 3.63) is 106 Å². The number of carboxylic acid groups (broad SMARTS) is 1. The number of aliphatic hydroxyl groups excluding tert-OH is 1. The Morgan fingerprint density at radius 1 is 1.10 bits per heavy atom. The zero-order valence-corrected chi connectivity index (χ0v) is 29.6. The molecule has 3 aromatic rings. The molecule has 3 atom stereocenters. The second-order valence-electron chi connectivity index (χ2n) is 13.2. The highest BCUT2D eigenvalue weighted by Gasteiger charge is 2.54. The Bertz CT molecular complexity index is 1820. The van der Waals surface area contributed by atoms with Gasteiger partial charge in [-0.3, -0.25) is 19.5 Å². The van der Waals surface area contributed by atoms with Crippen LogP contribution in [0.5, 0.6) is 11.5 Å². The van der Waals surface area contributed by atoms with Gasteiger partial charge in [-0.15, -0.1) is 0 Å². The first-order valence-electron chi connectivity index (χ1n) is 16.8. The molecule has 0 bridgehead atoms. The SMILES string of the molecule is CCN(CC)C(=O)C1(COc2cc(OCc3cncc(C#N)c3)c(CN3C[C@@H](O)C[C@H]3C(=O)O)cc2Cl)C=CC=C(c2ccccc2)C1(C)C. The molecule has 5 rings (SSSR count). The van der Waals surface area contributed by atoms with Crippen LogP contribution in [0.15, 0.2) is 79.2 Å². The third kappa shape index (κ3) is 7.41. The number of aromatic nitrogens is 1. The van der Waals surface area contributed by atoms with Crippen molar-refractivity contribution in [2.45, 2.75) is 59.4 Å². The number of halogens is 1. The fourth-order valence-electron chi connectivity index (χ4n) is 6.92. The van der Waals surface area contributed by atoms with Crippen LogP contribution in [0.2, 0.25) is 5.02 Å². The van der Waals surface area contributed by atoms with Crippen molar-refractivity contribution in [3.63, 3.8) is 0 Å². The van der Waals surface area contributed by atoms with Crippen molar-refractivity contribution in [2.75, 3.05) is 26.2 Å². The molecular formula is C39H43ClN4O6. The average molecular weight is 699 g/mol. The lowest BCUT2D eigenvalue weighted by atomic mass is 9.58. The highest BCUT2D eigenvalue weighted by Crippen LogP contribution is 2.53. The molecule has 2 aliphatic rings. The number of hydrogen-bond donors (Lipinski definition) is 2. The lowest BCUT2D eigenvalue weighted by Crippen LogP contribution is -2.55. The Kier molecular flexibility index (Phi) is 11.3. The van der Waals surface area contributed by atoms with Crippen LogP contribution in [-0.4, -0.2) is 75.3 Å². The molecule has 10 nitrogen and oxygen atoms in total. The molecule has 1 amide bonds. The van der Waals surface area contributed by atoms with Crippen molar-refractivity contribution in [2.24, 2.45) is 10.8 Å². The first-order chi connectivity index (χ1) is 23.9. The van der Waals surface area contributed by atoms with E-state index in [0.717, 1.165) is 11.1 Å². The van der Waals surface area contributed by atoms with Gasteiger partial charge >= 0.3 is 5.97 Å². The molecule has 0 radical (unpaired) electrons. The minimum Gasteiger partial charge on any atom is -0.490 e. The van der Waals surface area contributed by atoms with Gasteiger partial charge in [0.2, 0.25) is 5.91 Å². The molecule has 11 heteroatoms. The summed E-state index contributed by atoms with van der Waals surface area (Å²) in [5, 5.41) is 29.7. The lowest BCUT2D eigenvalue weighted by molar-refractivity contribution is -0.145. The van der Waals surface area contributed by atoms with Crippen molar-refractivity contribution in [3.8, 4) is 17.6 Å². The highest BCUT2D eigenvalue weighted by molar-refractivity contribution is 6.32. The molecular weight excluding hydrogens is 656 g/mol. The molecule has 1 aliphatic heterocycles. The first-order valence-corrected chi connectivity index (χ1v) is 17.1. The first kappa shape index (κ1) is 36.6. The number of rotatable bonds is 13. The topological polar surface area (TPSA) is 136 Å². The molecule has 0 saturated carbocycles. The van der Waals surface area contributed by atoms with Crippen LogP contribution in [0.25, 0.3) is 5.57 Å². The molecule has 0 spiro atoms. The van der Waals surface area contributed by atoms with Gasteiger partial charge in [-0.25, -0.2) is 0 Å². The summed E-state index contributed by atoms with van der Waals surface area (Å²) in [5.41, 5.74) is 1.85. The smallest absolute Gasteiger partial charge is 0.321 e. The van der Waals surface area contributed by atoms with Crippen molar-refractivity contribution >= 4 is 29.1 Å². The number of allylic oxidation sites excluding steroid dienone is 3. The van der Waals surface area contributed by atoms with E-state index in [4.69, 9.17) is 21.1 Å². The number of benzene rings is 2. The molecule has 262 valence electrons. The van der Waals surface area contributed by atoms with Crippen LogP contribution in [0.1, 0.15) is 56.4 Å². The van der Waals surface area contributed by atoms with Gasteiger partial charge in [0.1, 0.15) is 42.2 Å². The Morgan fingerprint density at radius 3 is 2.52 bits per heavy atom. The quantitative estimate of drug-likeness (QED) is 0.216. The van der Waals surface area contributed by atoms with Crippen molar-refractivity contribution < 1.29 is 29.3 Å². The Morgan fingerprint density at radius 2 is 1.84 bits per heavy atom. The number of carboxylic acids is 1. The van der Waals surface area contributed by atoms with E-state index in [0.29, 0.717) is 35.5 Å². The second kappa shape index (κ2) is 15.5. The number of aliphatic hydroxyl groups is 1. The third-order valence-electron chi connectivity index (χ3n) is 9.88. The maximum absolute atomic E-state index is 14.5. The number of carbonyl (C=O) groups excluding carboxylic acids is 1. The Hall–Kier alpha value is -4.69. The van der Waals surface area contributed by atoms with E-state index in [-0.39, 0.29) is 49.4 Å². The molecule has 1 aromatic heterocycles. The zero-order valence-electron chi connectivity index (χ0n) is 28.8. The van der Waals surface area contributed by atoms with E-state index >= 15 is 0 Å². The van der Waals surface area contributed by atoms with E-state index in [1.54, 1.807) is 29.3 Å². The van der Waals surface area contributed by atoms with Crippen molar-refractivity contribution in [1.82, 2.24) is 14.8 Å². The number of β-amino-alcohol motifs (C(OH)–C–C–N with tert-alkyl or cyclic N) is 1. The van der Waals surface area contributed by atoms with Crippen LogP contribution in [-0.2, 0) is 22.7 Å². The van der Waals surface area contributed by atoms with E-state index in [1.807, 2.05) is 67.3 Å². The monoisotopic (exact) mass is 698 g/mol. The normalized spacial score (nSPS) is 21.3. The second-order valence-corrected chi connectivity index (χ2v) is 13.6. The van der Waals surface area contributed by atoms with Crippen LogP contribution in [0.3, 0.4) is 0 Å². The maximum atomic E-state index is 14.5. The van der Waals surface area contributed by atoms with Gasteiger partial charge in [-0.05, 0) is 37.1 Å². The maximum Gasteiger partial charge on any atom is 0.321 e. The summed E-state index contributed by atoms with van der Waals surface area (Å²) in [7, 11) is 0. The molecule has 1 unspecified atom stereocenters. The van der Waals surface area contributed by atoms with E-state index < -0.39 is 28.9 Å². The number of nitriles is 1. The van der Waals surface area contributed by atoms with Crippen LogP contribution >= 0.6 is 11.6 Å². The standard InChI is InChI=1S/C39H43ClN4O6/c1-5-43(6-2)37(48)39(14-10-13-31(38(39,3)4)28-11-8-7-9-12-28)25-50-35-18-34(49-24-27-15-26(19-41)20-42-21-27)29(16-32(35)40)22-44-23-30(45)17-33(44)36(46)47/h7-16,18,20-21,30,33,45H,5-6,17,22-25H2,1-4H3,(H,46,47)/t30-,33-,39?/m0/s1. The number of pyridine rings is 1. The van der Waals surface area contributed by atoms with Gasteiger partial charge in [-0.1, -0.05) is 74.0 Å². The molecule has 50 heavy (non-hydrogen) atoms. The molecule has 2 N–H and O–H groups in total.